The van der Waals surface area contributed by atoms with Gasteiger partial charge in [-0.25, -0.2) is 0 Å². The van der Waals surface area contributed by atoms with E-state index in [4.69, 9.17) is 9.47 Å². The molecule has 1 aromatic carbocycles. The summed E-state index contributed by atoms with van der Waals surface area (Å²) in [7, 11) is 1.58. The average molecular weight is 836 g/mol. The number of carbonyl (C=O) groups is 2. The van der Waals surface area contributed by atoms with E-state index in [0.29, 0.717) is 11.4 Å². The number of hydrogen-bond acceptors (Lipinski definition) is 4. The van der Waals surface area contributed by atoms with Crippen molar-refractivity contribution in [1.82, 2.24) is 0 Å². The zero-order valence-electron chi connectivity index (χ0n) is 40.6. The second-order valence-electron chi connectivity index (χ2n) is 17.5. The first-order chi connectivity index (χ1) is 29.2. The van der Waals surface area contributed by atoms with Gasteiger partial charge in [0, 0.05) is 18.2 Å². The molecule has 0 fully saturated rings. The number of hydrogen-bond donors (Lipinski definition) is 1. The third-order valence-electron chi connectivity index (χ3n) is 10.9. The summed E-state index contributed by atoms with van der Waals surface area (Å²) in [5, 5.41) is 2.78. The Morgan fingerprint density at radius 1 is 0.459 bits per heavy atom. The molecule has 5 nitrogen and oxygen atoms in total. The van der Waals surface area contributed by atoms with Crippen molar-refractivity contribution in [1.29, 1.82) is 0 Å². The van der Waals surface area contributed by atoms with Gasteiger partial charge < -0.3 is 14.8 Å². The Morgan fingerprint density at radius 2 is 0.803 bits per heavy atom. The van der Waals surface area contributed by atoms with E-state index < -0.39 is 0 Å². The Bertz CT molecular complexity index is 1730. The molecule has 0 aliphatic heterocycles. The molecule has 0 aliphatic rings. The summed E-state index contributed by atoms with van der Waals surface area (Å²) in [5.74, 6) is 0.0499. The lowest BCUT2D eigenvalue weighted by Gasteiger charge is -2.07. The number of esters is 1. The predicted molar refractivity (Wildman–Crippen MR) is 265 cm³/mol. The van der Waals surface area contributed by atoms with Crippen LogP contribution in [0.3, 0.4) is 0 Å². The van der Waals surface area contributed by atoms with Crippen molar-refractivity contribution in [2.45, 2.75) is 185 Å². The summed E-state index contributed by atoms with van der Waals surface area (Å²) >= 11 is 0. The maximum atomic E-state index is 12.2. The van der Waals surface area contributed by atoms with Crippen molar-refractivity contribution < 1.29 is 19.1 Å². The molecule has 1 N–H and O–H groups in total. The number of amides is 1. The highest BCUT2D eigenvalue weighted by atomic mass is 16.5. The van der Waals surface area contributed by atoms with Gasteiger partial charge in [-0.1, -0.05) is 105 Å². The van der Waals surface area contributed by atoms with E-state index in [1.165, 1.54) is 63.0 Å². The fraction of sp³-hybridized carbons (Fsp3) is 0.536. The lowest BCUT2D eigenvalue weighted by Crippen LogP contribution is -2.14. The van der Waals surface area contributed by atoms with Crippen LogP contribution in [0.25, 0.3) is 0 Å². The van der Waals surface area contributed by atoms with Crippen LogP contribution in [0.15, 0.2) is 129 Å². The number of nitrogens with one attached hydrogen (secondary N) is 1. The van der Waals surface area contributed by atoms with Crippen LogP contribution in [-0.4, -0.2) is 25.6 Å². The Labute approximate surface area is 374 Å². The van der Waals surface area contributed by atoms with Crippen LogP contribution in [0.5, 0.6) is 5.75 Å². The molecule has 0 aromatic heterocycles. The van der Waals surface area contributed by atoms with E-state index in [2.05, 4.69) is 123 Å². The lowest BCUT2D eigenvalue weighted by atomic mass is 10.0. The molecule has 61 heavy (non-hydrogen) atoms. The molecule has 1 amide bonds. The molecule has 0 saturated heterocycles. The maximum absolute atomic E-state index is 12.2. The van der Waals surface area contributed by atoms with Crippen LogP contribution in [0.4, 0.5) is 5.69 Å². The third kappa shape index (κ3) is 32.1. The summed E-state index contributed by atoms with van der Waals surface area (Å²) < 4.78 is 10.5. The smallest absolute Gasteiger partial charge is 0.306 e. The molecule has 0 heterocycles. The summed E-state index contributed by atoms with van der Waals surface area (Å²) in [6.07, 6.45) is 39.1. The van der Waals surface area contributed by atoms with E-state index in [9.17, 15) is 9.59 Å². The topological polar surface area (TPSA) is 64.6 Å². The highest BCUT2D eigenvalue weighted by Crippen LogP contribution is 2.19. The molecule has 0 bridgehead atoms. The Hall–Kier alpha value is -4.38. The number of ether oxygens (including phenoxy) is 2. The van der Waals surface area contributed by atoms with Crippen molar-refractivity contribution in [3.05, 3.63) is 129 Å². The van der Waals surface area contributed by atoms with Crippen molar-refractivity contribution in [3.8, 4) is 5.75 Å². The van der Waals surface area contributed by atoms with Crippen LogP contribution < -0.4 is 10.1 Å². The lowest BCUT2D eigenvalue weighted by molar-refractivity contribution is -0.143. The Morgan fingerprint density at radius 3 is 1.15 bits per heavy atom. The minimum absolute atomic E-state index is 0.0429. The van der Waals surface area contributed by atoms with Gasteiger partial charge >= 0.3 is 5.97 Å². The molecule has 0 saturated carbocycles. The van der Waals surface area contributed by atoms with E-state index in [0.717, 1.165) is 89.9 Å². The van der Waals surface area contributed by atoms with E-state index in [1.54, 1.807) is 31.4 Å². The summed E-state index contributed by atoms with van der Waals surface area (Å²) in [6.45, 7) is 22.5. The van der Waals surface area contributed by atoms with Gasteiger partial charge in [0.1, 0.15) is 12.4 Å². The fourth-order valence-corrected chi connectivity index (χ4v) is 6.72. The molecule has 1 rings (SSSR count). The second-order valence-corrected chi connectivity index (χ2v) is 17.5. The zero-order valence-corrected chi connectivity index (χ0v) is 40.6. The standard InChI is InChI=1S/C56H85NO4/c1-44(2)21-12-22-45(3)23-13-24-46(4)25-14-26-47(5)27-15-28-48(6)29-16-30-49(7)31-17-32-50(8)33-18-34-51(9)35-19-36-52(10)41-42-61-56(59)40-39-55(58)57-53-37-20-38-54(43-53)60-11/h20-21,23,25,27,29,31,33,35,37-38,41,43H,12-19,22,24,26,28,30,32,34,36,39-40,42H2,1-11H3,(H,57,58)/b45-23+,46-25+,47-27+,48-29+,49-31+,50-33+,51-35+,52-41+. The molecule has 0 radical (unpaired) electrons. The summed E-state index contributed by atoms with van der Waals surface area (Å²) in [5.41, 5.74) is 13.7. The zero-order chi connectivity index (χ0) is 45.3. The fourth-order valence-electron chi connectivity index (χ4n) is 6.72. The quantitative estimate of drug-likeness (QED) is 0.0598. The summed E-state index contributed by atoms with van der Waals surface area (Å²) in [6, 6.07) is 7.12. The van der Waals surface area contributed by atoms with Crippen LogP contribution in [0, 0.1) is 0 Å². The van der Waals surface area contributed by atoms with Crippen molar-refractivity contribution in [2.75, 3.05) is 19.0 Å². The highest BCUT2D eigenvalue weighted by molar-refractivity contribution is 5.92. The Balaban J connectivity index is 2.21. The van der Waals surface area contributed by atoms with E-state index >= 15 is 0 Å². The molecule has 0 aliphatic carbocycles. The minimum Gasteiger partial charge on any atom is -0.497 e. The molecule has 338 valence electrons. The minimum atomic E-state index is -0.376. The van der Waals surface area contributed by atoms with Crippen LogP contribution in [0.2, 0.25) is 0 Å². The number of rotatable bonds is 31. The number of methoxy groups -OCH3 is 1. The third-order valence-corrected chi connectivity index (χ3v) is 10.9. The maximum Gasteiger partial charge on any atom is 0.306 e. The second kappa shape index (κ2) is 34.2. The monoisotopic (exact) mass is 836 g/mol. The van der Waals surface area contributed by atoms with Crippen molar-refractivity contribution in [3.63, 3.8) is 0 Å². The molecular weight excluding hydrogens is 751 g/mol. The largest absolute Gasteiger partial charge is 0.497 e. The van der Waals surface area contributed by atoms with Gasteiger partial charge in [-0.05, 0) is 190 Å². The molecule has 0 atom stereocenters. The first-order valence-electron chi connectivity index (χ1n) is 23.1. The number of anilines is 1. The number of benzene rings is 1. The average Bonchev–Trinajstić information content (AvgIpc) is 3.20. The number of allylic oxidation sites excluding steroid dienone is 17. The number of carbonyl (C=O) groups excluding carboxylic acids is 2. The van der Waals surface area contributed by atoms with Gasteiger partial charge in [-0.3, -0.25) is 9.59 Å². The predicted octanol–water partition coefficient (Wildman–Crippen LogP) is 16.7. The van der Waals surface area contributed by atoms with E-state index in [-0.39, 0.29) is 31.3 Å². The van der Waals surface area contributed by atoms with Gasteiger partial charge in [-0.15, -0.1) is 0 Å². The first-order valence-corrected chi connectivity index (χ1v) is 23.1. The molecular formula is C56H85NO4. The van der Waals surface area contributed by atoms with Crippen LogP contribution in [0.1, 0.15) is 185 Å². The molecule has 5 heteroatoms. The van der Waals surface area contributed by atoms with Crippen molar-refractivity contribution >= 4 is 17.6 Å². The van der Waals surface area contributed by atoms with Crippen LogP contribution >= 0.6 is 0 Å². The van der Waals surface area contributed by atoms with Gasteiger partial charge in [0.05, 0.1) is 13.5 Å². The normalized spacial score (nSPS) is 13.7. The first kappa shape index (κ1) is 54.6. The van der Waals surface area contributed by atoms with Gasteiger partial charge in [0.15, 0.2) is 0 Å². The van der Waals surface area contributed by atoms with Gasteiger partial charge in [0.2, 0.25) is 5.91 Å². The van der Waals surface area contributed by atoms with E-state index in [1.807, 2.05) is 6.08 Å². The van der Waals surface area contributed by atoms with Crippen LogP contribution in [-0.2, 0) is 14.3 Å². The molecule has 0 unspecified atom stereocenters. The molecule has 0 spiro atoms. The van der Waals surface area contributed by atoms with Gasteiger partial charge in [-0.2, -0.15) is 0 Å². The highest BCUT2D eigenvalue weighted by Gasteiger charge is 2.09. The summed E-state index contributed by atoms with van der Waals surface area (Å²) in [4.78, 5) is 24.3. The van der Waals surface area contributed by atoms with Gasteiger partial charge in [0.25, 0.3) is 0 Å². The van der Waals surface area contributed by atoms with Crippen molar-refractivity contribution in [2.24, 2.45) is 0 Å². The molecule has 1 aromatic rings. The Kier molecular flexibility index (Phi) is 30.7. The SMILES string of the molecule is COc1cccc(NC(=O)CCC(=O)OC/C=C(\C)CC/C=C(\C)CC/C=C(\C)CC/C=C(\C)CC/C=C(\C)CC/C=C(\C)CC/C=C(\C)CC/C=C(\C)CCC=C(C)C)c1.